The van der Waals surface area contributed by atoms with E-state index in [-0.39, 0.29) is 17.4 Å². The Kier molecular flexibility index (Phi) is 5.46. The Morgan fingerprint density at radius 1 is 1.42 bits per heavy atom. The molecule has 5 N–H and O–H groups in total. The first-order chi connectivity index (χ1) is 8.12. The number of hydrogen-bond acceptors (Lipinski definition) is 3. The van der Waals surface area contributed by atoms with Crippen LogP contribution < -0.4 is 11.1 Å². The lowest BCUT2D eigenvalue weighted by atomic mass is 10.1. The fourth-order valence-electron chi connectivity index (χ4n) is 1.15. The number of hydrogen-bond donors (Lipinski definition) is 4. The molecule has 1 aromatic carbocycles. The summed E-state index contributed by atoms with van der Waals surface area (Å²) in [7, 11) is 0. The summed E-state index contributed by atoms with van der Waals surface area (Å²) >= 11 is 5.53. The van der Waals surface area contributed by atoms with Crippen molar-refractivity contribution >= 4 is 35.9 Å². The topological polar surface area (TPSA) is 99.2 Å². The number of rotatable bonds is 1. The molecular weight excluding hydrogens is 310 g/mol. The molecule has 19 heavy (non-hydrogen) atoms. The second-order valence-corrected chi connectivity index (χ2v) is 3.62. The zero-order valence-electron chi connectivity index (χ0n) is 9.01. The summed E-state index contributed by atoms with van der Waals surface area (Å²) in [6.45, 7) is 0. The van der Waals surface area contributed by atoms with E-state index in [1.54, 1.807) is 5.32 Å². The van der Waals surface area contributed by atoms with Crippen LogP contribution in [0.3, 0.4) is 0 Å². The van der Waals surface area contributed by atoms with Crippen molar-refractivity contribution in [3.05, 3.63) is 28.3 Å². The summed E-state index contributed by atoms with van der Waals surface area (Å²) in [5.41, 5.74) is 2.92. The fraction of sp³-hybridized carbons (Fsp3) is 0.111. The van der Waals surface area contributed by atoms with Gasteiger partial charge in [-0.15, -0.1) is 12.4 Å². The smallest absolute Gasteiger partial charge is 0.419 e. The fourth-order valence-corrected chi connectivity index (χ4v) is 1.40. The molecular formula is C9H8Cl2F3N3O2. The number of carbonyl (C=O) groups excluding carboxylic acids is 1. The third kappa shape index (κ3) is 4.18. The Bertz CT molecular complexity index is 520. The summed E-state index contributed by atoms with van der Waals surface area (Å²) in [6, 6.07) is 0.982. The maximum Gasteiger partial charge on any atom is 0.419 e. The highest BCUT2D eigenvalue weighted by molar-refractivity contribution is 6.34. The first kappa shape index (κ1) is 17.3. The maximum absolute atomic E-state index is 12.5. The Balaban J connectivity index is 0.00000324. The predicted octanol–water partition coefficient (Wildman–Crippen LogP) is 2.11. The number of phenols is 1. The van der Waals surface area contributed by atoms with Crippen molar-refractivity contribution in [3.8, 4) is 5.75 Å². The van der Waals surface area contributed by atoms with E-state index in [1.807, 2.05) is 0 Å². The molecule has 0 aliphatic rings. The minimum atomic E-state index is -4.83. The Labute approximate surface area is 116 Å². The number of amides is 1. The lowest BCUT2D eigenvalue weighted by Crippen LogP contribution is -2.35. The number of alkyl halides is 3. The summed E-state index contributed by atoms with van der Waals surface area (Å²) in [6.07, 6.45) is -4.83. The van der Waals surface area contributed by atoms with Crippen molar-refractivity contribution in [1.29, 1.82) is 5.41 Å². The highest BCUT2D eigenvalue weighted by atomic mass is 35.5. The van der Waals surface area contributed by atoms with Gasteiger partial charge in [0.2, 0.25) is 0 Å². The third-order valence-corrected chi connectivity index (χ3v) is 2.20. The summed E-state index contributed by atoms with van der Waals surface area (Å²) in [5, 5.41) is 17.3. The second kappa shape index (κ2) is 5.98. The van der Waals surface area contributed by atoms with Crippen molar-refractivity contribution in [3.63, 3.8) is 0 Å². The van der Waals surface area contributed by atoms with Gasteiger partial charge in [-0.1, -0.05) is 11.6 Å². The van der Waals surface area contributed by atoms with E-state index in [0.717, 1.165) is 0 Å². The molecule has 1 aromatic rings. The van der Waals surface area contributed by atoms with Crippen LogP contribution in [0.1, 0.15) is 15.9 Å². The predicted molar refractivity (Wildman–Crippen MR) is 64.7 cm³/mol. The summed E-state index contributed by atoms with van der Waals surface area (Å²) in [4.78, 5) is 11.4. The lowest BCUT2D eigenvalue weighted by molar-refractivity contribution is -0.138. The van der Waals surface area contributed by atoms with Crippen LogP contribution in [0.25, 0.3) is 0 Å². The standard InChI is InChI=1S/C9H7ClF3N3O2.ClH/c10-5-2-6(17)4(9(11,12)13)1-3(5)7(18)16-8(14)15;/h1-2,17H,(H4,14,15,16,18);1H. The van der Waals surface area contributed by atoms with Crippen molar-refractivity contribution < 1.29 is 23.1 Å². The van der Waals surface area contributed by atoms with Crippen LogP contribution in [0.4, 0.5) is 13.2 Å². The summed E-state index contributed by atoms with van der Waals surface area (Å²) < 4.78 is 37.5. The summed E-state index contributed by atoms with van der Waals surface area (Å²) in [5.74, 6) is -2.90. The molecule has 0 atom stereocenters. The number of benzene rings is 1. The van der Waals surface area contributed by atoms with Crippen molar-refractivity contribution in [2.75, 3.05) is 0 Å². The molecule has 0 aromatic heterocycles. The van der Waals surface area contributed by atoms with Crippen LogP contribution >= 0.6 is 24.0 Å². The minimum Gasteiger partial charge on any atom is -0.507 e. The van der Waals surface area contributed by atoms with Crippen LogP contribution in [0, 0.1) is 5.41 Å². The molecule has 0 saturated heterocycles. The monoisotopic (exact) mass is 317 g/mol. The Morgan fingerprint density at radius 2 is 1.95 bits per heavy atom. The number of guanidine groups is 1. The molecule has 5 nitrogen and oxygen atoms in total. The number of aromatic hydroxyl groups is 1. The molecule has 1 amide bonds. The molecule has 0 unspecified atom stereocenters. The number of halogens is 5. The normalized spacial score (nSPS) is 10.5. The van der Waals surface area contributed by atoms with E-state index < -0.39 is 34.9 Å². The maximum atomic E-state index is 12.5. The van der Waals surface area contributed by atoms with E-state index in [1.165, 1.54) is 0 Å². The first-order valence-corrected chi connectivity index (χ1v) is 4.76. The molecule has 1 rings (SSSR count). The van der Waals surface area contributed by atoms with Gasteiger partial charge in [-0.3, -0.25) is 15.5 Å². The zero-order chi connectivity index (χ0) is 14.1. The van der Waals surface area contributed by atoms with Gasteiger partial charge in [0.05, 0.1) is 16.1 Å². The molecule has 0 heterocycles. The molecule has 0 saturated carbocycles. The third-order valence-electron chi connectivity index (χ3n) is 1.88. The molecule has 0 aliphatic heterocycles. The molecule has 0 aliphatic carbocycles. The minimum absolute atomic E-state index is 0. The van der Waals surface area contributed by atoms with Gasteiger partial charge in [-0.25, -0.2) is 0 Å². The Morgan fingerprint density at radius 3 is 2.37 bits per heavy atom. The molecule has 0 bridgehead atoms. The van der Waals surface area contributed by atoms with Gasteiger partial charge in [-0.2, -0.15) is 13.2 Å². The largest absolute Gasteiger partial charge is 0.507 e. The van der Waals surface area contributed by atoms with Gasteiger partial charge >= 0.3 is 6.18 Å². The first-order valence-electron chi connectivity index (χ1n) is 4.38. The highest BCUT2D eigenvalue weighted by Gasteiger charge is 2.35. The van der Waals surface area contributed by atoms with Gasteiger partial charge < -0.3 is 10.8 Å². The SMILES string of the molecule is Cl.N=C(N)NC(=O)c1cc(C(F)(F)F)c(O)cc1Cl. The number of phenolic OH excluding ortho intramolecular Hbond substituents is 1. The van der Waals surface area contributed by atoms with E-state index in [9.17, 15) is 18.0 Å². The molecule has 106 valence electrons. The van der Waals surface area contributed by atoms with Crippen LogP contribution in [0.5, 0.6) is 5.75 Å². The van der Waals surface area contributed by atoms with E-state index in [4.69, 9.17) is 27.9 Å². The zero-order valence-corrected chi connectivity index (χ0v) is 10.6. The lowest BCUT2D eigenvalue weighted by Gasteiger charge is -2.12. The van der Waals surface area contributed by atoms with Crippen molar-refractivity contribution in [1.82, 2.24) is 5.32 Å². The van der Waals surface area contributed by atoms with Gasteiger partial charge in [0.1, 0.15) is 5.75 Å². The van der Waals surface area contributed by atoms with Gasteiger partial charge in [0.25, 0.3) is 5.91 Å². The van der Waals surface area contributed by atoms with E-state index in [0.29, 0.717) is 12.1 Å². The number of nitrogens with two attached hydrogens (primary N) is 1. The van der Waals surface area contributed by atoms with E-state index in [2.05, 4.69) is 0 Å². The van der Waals surface area contributed by atoms with Crippen LogP contribution in [-0.2, 0) is 6.18 Å². The number of carbonyl (C=O) groups is 1. The molecule has 0 radical (unpaired) electrons. The molecule has 0 spiro atoms. The van der Waals surface area contributed by atoms with Gasteiger partial charge in [0.15, 0.2) is 5.96 Å². The average Bonchev–Trinajstić information content (AvgIpc) is 2.13. The van der Waals surface area contributed by atoms with Crippen LogP contribution in [-0.4, -0.2) is 17.0 Å². The van der Waals surface area contributed by atoms with Gasteiger partial charge in [0, 0.05) is 0 Å². The van der Waals surface area contributed by atoms with Crippen molar-refractivity contribution in [2.45, 2.75) is 6.18 Å². The Hall–Kier alpha value is -1.67. The quantitative estimate of drug-likeness (QED) is 0.471. The number of nitrogens with one attached hydrogen (secondary N) is 2. The van der Waals surface area contributed by atoms with Crippen LogP contribution in [0.15, 0.2) is 12.1 Å². The highest BCUT2D eigenvalue weighted by Crippen LogP contribution is 2.38. The molecule has 0 fully saturated rings. The van der Waals surface area contributed by atoms with E-state index >= 15 is 0 Å². The molecule has 10 heteroatoms. The average molecular weight is 318 g/mol. The van der Waals surface area contributed by atoms with Crippen LogP contribution in [0.2, 0.25) is 5.02 Å². The van der Waals surface area contributed by atoms with Crippen molar-refractivity contribution in [2.24, 2.45) is 5.73 Å². The van der Waals surface area contributed by atoms with Gasteiger partial charge in [-0.05, 0) is 12.1 Å². The second-order valence-electron chi connectivity index (χ2n) is 3.21.